The number of anilines is 1. The van der Waals surface area contributed by atoms with Gasteiger partial charge in [-0.25, -0.2) is 0 Å². The molecule has 0 atom stereocenters. The first-order chi connectivity index (χ1) is 13.3. The van der Waals surface area contributed by atoms with Crippen molar-refractivity contribution in [3.05, 3.63) is 84.4 Å². The van der Waals surface area contributed by atoms with Crippen molar-refractivity contribution in [3.8, 4) is 28.0 Å². The van der Waals surface area contributed by atoms with E-state index in [1.165, 1.54) is 44.3 Å². The fraction of sp³-hybridized carbons (Fsp3) is 0.120. The van der Waals surface area contributed by atoms with Crippen LogP contribution in [0, 0.1) is 0 Å². The molecular weight excluding hydrogens is 330 g/mol. The third-order valence-electron chi connectivity index (χ3n) is 5.32. The van der Waals surface area contributed by atoms with Gasteiger partial charge in [0.15, 0.2) is 0 Å². The zero-order chi connectivity index (χ0) is 18.4. The van der Waals surface area contributed by atoms with Crippen molar-refractivity contribution in [2.24, 2.45) is 0 Å². The highest BCUT2D eigenvalue weighted by Gasteiger charge is 2.27. The first-order valence-electron chi connectivity index (χ1n) is 9.28. The number of nitrogens with zero attached hydrogens (tertiary/aromatic N) is 1. The summed E-state index contributed by atoms with van der Waals surface area (Å²) in [4.78, 5) is 2.24. The zero-order valence-electron chi connectivity index (χ0n) is 15.6. The smallest absolute Gasteiger partial charge is 0.128 e. The van der Waals surface area contributed by atoms with E-state index in [1.807, 2.05) is 0 Å². The van der Waals surface area contributed by atoms with Gasteiger partial charge in [-0.15, -0.1) is 0 Å². The summed E-state index contributed by atoms with van der Waals surface area (Å²) in [6.45, 7) is 0.621. The topological polar surface area (TPSA) is 12.5 Å². The maximum atomic E-state index is 6.08. The highest BCUT2D eigenvalue weighted by Crippen LogP contribution is 2.51. The van der Waals surface area contributed by atoms with Crippen LogP contribution in [0.5, 0.6) is 5.75 Å². The van der Waals surface area contributed by atoms with E-state index in [1.54, 1.807) is 0 Å². The van der Waals surface area contributed by atoms with E-state index in [9.17, 15) is 0 Å². The van der Waals surface area contributed by atoms with Crippen molar-refractivity contribution < 1.29 is 4.74 Å². The summed E-state index contributed by atoms with van der Waals surface area (Å²) >= 11 is 0. The molecule has 0 aliphatic carbocycles. The van der Waals surface area contributed by atoms with E-state index in [0.29, 0.717) is 6.61 Å². The number of hydrogen-bond donors (Lipinski definition) is 0. The molecule has 1 aliphatic rings. The van der Waals surface area contributed by atoms with E-state index in [4.69, 9.17) is 4.74 Å². The van der Waals surface area contributed by atoms with Gasteiger partial charge in [-0.05, 0) is 22.6 Å². The second-order valence-electron chi connectivity index (χ2n) is 7.17. The van der Waals surface area contributed by atoms with Crippen molar-refractivity contribution in [1.29, 1.82) is 0 Å². The van der Waals surface area contributed by atoms with Gasteiger partial charge >= 0.3 is 0 Å². The number of hydrogen-bond acceptors (Lipinski definition) is 2. The Labute approximate surface area is 159 Å². The fourth-order valence-electron chi connectivity index (χ4n) is 4.25. The van der Waals surface area contributed by atoms with Gasteiger partial charge in [-0.3, -0.25) is 0 Å². The number of rotatable bonds is 3. The van der Waals surface area contributed by atoms with E-state index in [-0.39, 0.29) is 0 Å². The highest BCUT2D eigenvalue weighted by atomic mass is 16.5. The van der Waals surface area contributed by atoms with Gasteiger partial charge in [-0.1, -0.05) is 72.8 Å². The maximum Gasteiger partial charge on any atom is 0.128 e. The first kappa shape index (κ1) is 16.0. The molecule has 2 nitrogen and oxygen atoms in total. The minimum absolute atomic E-state index is 0.621. The van der Waals surface area contributed by atoms with Gasteiger partial charge in [0.1, 0.15) is 12.4 Å². The molecule has 2 heteroatoms. The van der Waals surface area contributed by atoms with Gasteiger partial charge in [0.05, 0.1) is 5.69 Å². The zero-order valence-corrected chi connectivity index (χ0v) is 15.6. The molecule has 132 valence electrons. The normalized spacial score (nSPS) is 12.2. The molecule has 0 saturated heterocycles. The van der Waals surface area contributed by atoms with E-state index in [2.05, 4.69) is 97.9 Å². The van der Waals surface area contributed by atoms with Crippen LogP contribution >= 0.6 is 0 Å². The van der Waals surface area contributed by atoms with Crippen LogP contribution < -0.4 is 9.64 Å². The molecule has 4 aromatic carbocycles. The average molecular weight is 351 g/mol. The van der Waals surface area contributed by atoms with Gasteiger partial charge in [0, 0.05) is 36.2 Å². The highest BCUT2D eigenvalue weighted by molar-refractivity contribution is 6.13. The summed E-state index contributed by atoms with van der Waals surface area (Å²) in [5, 5.41) is 2.51. The van der Waals surface area contributed by atoms with Crippen molar-refractivity contribution in [2.75, 3.05) is 19.0 Å². The molecule has 0 saturated carbocycles. The minimum atomic E-state index is 0.621. The van der Waals surface area contributed by atoms with Crippen molar-refractivity contribution >= 4 is 16.5 Å². The Kier molecular flexibility index (Phi) is 3.64. The molecule has 1 aliphatic heterocycles. The molecule has 0 N–H and O–H groups in total. The monoisotopic (exact) mass is 351 g/mol. The fourth-order valence-corrected chi connectivity index (χ4v) is 4.25. The SMILES string of the molecule is CN(C)c1c(-c2ccccc2)c2c3c(cccc3c1-c1ccccc1)OC2. The Morgan fingerprint density at radius 1 is 0.704 bits per heavy atom. The lowest BCUT2D eigenvalue weighted by molar-refractivity contribution is 0.327. The van der Waals surface area contributed by atoms with Crippen LogP contribution in [-0.4, -0.2) is 14.1 Å². The predicted molar refractivity (Wildman–Crippen MR) is 113 cm³/mol. The number of ether oxygens (including phenoxy) is 1. The van der Waals surface area contributed by atoms with Gasteiger partial charge in [-0.2, -0.15) is 0 Å². The van der Waals surface area contributed by atoms with Crippen LogP contribution in [0.2, 0.25) is 0 Å². The van der Waals surface area contributed by atoms with Gasteiger partial charge in [0.2, 0.25) is 0 Å². The molecule has 1 heterocycles. The Morgan fingerprint density at radius 2 is 1.33 bits per heavy atom. The number of benzene rings is 4. The average Bonchev–Trinajstić information content (AvgIpc) is 3.14. The summed E-state index contributed by atoms with van der Waals surface area (Å²) in [5.74, 6) is 0.988. The molecule has 0 aromatic heterocycles. The predicted octanol–water partition coefficient (Wildman–Crippen LogP) is 6.13. The largest absolute Gasteiger partial charge is 0.488 e. The molecule has 4 aromatic rings. The maximum absolute atomic E-state index is 6.08. The Hall–Kier alpha value is -3.26. The quantitative estimate of drug-likeness (QED) is 0.440. The Balaban J connectivity index is 2.01. The molecule has 0 unspecified atom stereocenters. The lowest BCUT2D eigenvalue weighted by atomic mass is 9.86. The van der Waals surface area contributed by atoms with Crippen molar-refractivity contribution in [3.63, 3.8) is 0 Å². The van der Waals surface area contributed by atoms with E-state index >= 15 is 0 Å². The lowest BCUT2D eigenvalue weighted by Crippen LogP contribution is -2.13. The van der Waals surface area contributed by atoms with Gasteiger partial charge in [0.25, 0.3) is 0 Å². The minimum Gasteiger partial charge on any atom is -0.488 e. The summed E-state index contributed by atoms with van der Waals surface area (Å²) in [7, 11) is 4.26. The van der Waals surface area contributed by atoms with Crippen LogP contribution in [0.25, 0.3) is 33.0 Å². The molecule has 0 radical (unpaired) electrons. The van der Waals surface area contributed by atoms with E-state index in [0.717, 1.165) is 5.75 Å². The molecular formula is C25H21NO. The van der Waals surface area contributed by atoms with Crippen molar-refractivity contribution in [2.45, 2.75) is 6.61 Å². The second-order valence-corrected chi connectivity index (χ2v) is 7.17. The van der Waals surface area contributed by atoms with Crippen LogP contribution in [0.3, 0.4) is 0 Å². The molecule has 0 bridgehead atoms. The molecule has 0 amide bonds. The summed E-state index contributed by atoms with van der Waals surface area (Å²) in [6, 6.07) is 27.8. The Morgan fingerprint density at radius 3 is 1.96 bits per heavy atom. The van der Waals surface area contributed by atoms with Crippen LogP contribution in [0.1, 0.15) is 5.56 Å². The van der Waals surface area contributed by atoms with Crippen LogP contribution in [0.4, 0.5) is 5.69 Å². The standard InChI is InChI=1S/C25H21NO/c1-26(2)25-22(17-10-5-3-6-11-17)19-14-9-15-21-24(19)20(16-27-21)23(25)18-12-7-4-8-13-18/h3-15H,16H2,1-2H3. The van der Waals surface area contributed by atoms with Crippen molar-refractivity contribution in [1.82, 2.24) is 0 Å². The summed E-state index contributed by atoms with van der Waals surface area (Å²) in [5.41, 5.74) is 7.54. The van der Waals surface area contributed by atoms with Gasteiger partial charge < -0.3 is 9.64 Å². The van der Waals surface area contributed by atoms with Crippen LogP contribution in [-0.2, 0) is 6.61 Å². The Bertz CT molecular complexity index is 1130. The first-order valence-corrected chi connectivity index (χ1v) is 9.28. The summed E-state index contributed by atoms with van der Waals surface area (Å²) < 4.78 is 6.08. The molecule has 0 spiro atoms. The molecule has 27 heavy (non-hydrogen) atoms. The summed E-state index contributed by atoms with van der Waals surface area (Å²) in [6.07, 6.45) is 0. The third-order valence-corrected chi connectivity index (χ3v) is 5.32. The second kappa shape index (κ2) is 6.17. The molecule has 5 rings (SSSR count). The van der Waals surface area contributed by atoms with Crippen LogP contribution in [0.15, 0.2) is 78.9 Å². The van der Waals surface area contributed by atoms with E-state index < -0.39 is 0 Å². The lowest BCUT2D eigenvalue weighted by Gasteiger charge is -2.25. The molecule has 0 fully saturated rings. The third kappa shape index (κ3) is 2.41.